The number of carbonyl (C=O) groups is 2. The summed E-state index contributed by atoms with van der Waals surface area (Å²) in [5, 5.41) is 20.2. The molecule has 0 bridgehead atoms. The highest BCUT2D eigenvalue weighted by molar-refractivity contribution is 5.92. The molecule has 0 saturated carbocycles. The average Bonchev–Trinajstić information content (AvgIpc) is 3.50. The number of carbonyl (C=O) groups excluding carboxylic acids is 2. The number of nitrogens with one attached hydrogen (secondary N) is 2. The number of rotatable bonds is 9. The maximum atomic E-state index is 12.4. The Morgan fingerprint density at radius 3 is 2.62 bits per heavy atom. The minimum absolute atomic E-state index is 0.153. The standard InChI is InChI=1S/C29H28N6O4/c1-20-25(33-29(37)38-16-6-15-34-14-5-9-26(34)36)19-35-28(20)27(21(17-30)18-31-35)32-22-10-12-24(13-11-22)39-23-7-3-2-4-8-23/h2-4,7-8,10-13,18-19,32H,5-6,9,14-16H2,1H3,(H,33,37). The predicted octanol–water partition coefficient (Wildman–Crippen LogP) is 5.61. The van der Waals surface area contributed by atoms with Crippen LogP contribution in [0.1, 0.15) is 30.4 Å². The maximum Gasteiger partial charge on any atom is 0.411 e. The molecule has 1 aliphatic rings. The van der Waals surface area contributed by atoms with Gasteiger partial charge in [-0.2, -0.15) is 10.4 Å². The summed E-state index contributed by atoms with van der Waals surface area (Å²) in [4.78, 5) is 25.9. The lowest BCUT2D eigenvalue weighted by molar-refractivity contribution is -0.127. The van der Waals surface area contributed by atoms with Gasteiger partial charge in [-0.05, 0) is 56.2 Å². The van der Waals surface area contributed by atoms with Gasteiger partial charge in [-0.1, -0.05) is 18.2 Å². The first-order valence-electron chi connectivity index (χ1n) is 12.7. The first-order chi connectivity index (χ1) is 19.0. The minimum Gasteiger partial charge on any atom is -0.457 e. The zero-order chi connectivity index (χ0) is 27.2. The molecule has 1 aliphatic heterocycles. The summed E-state index contributed by atoms with van der Waals surface area (Å²) < 4.78 is 12.8. The molecule has 1 saturated heterocycles. The molecule has 4 aromatic rings. The lowest BCUT2D eigenvalue weighted by Gasteiger charge is -2.15. The molecule has 2 amide bonds. The fourth-order valence-corrected chi connectivity index (χ4v) is 4.51. The molecule has 2 aromatic heterocycles. The number of hydrogen-bond acceptors (Lipinski definition) is 7. The van der Waals surface area contributed by atoms with Crippen LogP contribution >= 0.6 is 0 Å². The van der Waals surface area contributed by atoms with Crippen molar-refractivity contribution in [3.05, 3.63) is 78.1 Å². The van der Waals surface area contributed by atoms with Crippen molar-refractivity contribution in [2.45, 2.75) is 26.2 Å². The molecule has 1 fully saturated rings. The zero-order valence-corrected chi connectivity index (χ0v) is 21.5. The van der Waals surface area contributed by atoms with Crippen molar-refractivity contribution in [1.82, 2.24) is 14.5 Å². The van der Waals surface area contributed by atoms with Gasteiger partial charge >= 0.3 is 6.09 Å². The number of aromatic nitrogens is 2. The summed E-state index contributed by atoms with van der Waals surface area (Å²) in [6.45, 7) is 3.39. The number of anilines is 3. The van der Waals surface area contributed by atoms with Crippen LogP contribution in [-0.4, -0.2) is 46.2 Å². The van der Waals surface area contributed by atoms with E-state index in [2.05, 4.69) is 21.8 Å². The second-order valence-corrected chi connectivity index (χ2v) is 9.17. The first-order valence-corrected chi connectivity index (χ1v) is 12.7. The van der Waals surface area contributed by atoms with Gasteiger partial charge in [0.15, 0.2) is 0 Å². The lowest BCUT2D eigenvalue weighted by Crippen LogP contribution is -2.27. The van der Waals surface area contributed by atoms with E-state index >= 15 is 0 Å². The summed E-state index contributed by atoms with van der Waals surface area (Å²) in [5.74, 6) is 1.58. The Balaban J connectivity index is 1.27. The molecule has 39 heavy (non-hydrogen) atoms. The molecule has 10 heteroatoms. The fraction of sp³-hybridized carbons (Fsp3) is 0.241. The van der Waals surface area contributed by atoms with E-state index < -0.39 is 6.09 Å². The number of fused-ring (bicyclic) bond motifs is 1. The smallest absolute Gasteiger partial charge is 0.411 e. The Bertz CT molecular complexity index is 1530. The molecular formula is C29H28N6O4. The van der Waals surface area contributed by atoms with Crippen molar-refractivity contribution in [2.75, 3.05) is 30.3 Å². The van der Waals surface area contributed by atoms with Crippen LogP contribution in [0.3, 0.4) is 0 Å². The normalized spacial score (nSPS) is 12.8. The highest BCUT2D eigenvalue weighted by atomic mass is 16.5. The number of likely N-dealkylation sites (tertiary alicyclic amines) is 1. The largest absolute Gasteiger partial charge is 0.457 e. The van der Waals surface area contributed by atoms with E-state index in [1.807, 2.05) is 61.5 Å². The van der Waals surface area contributed by atoms with Crippen LogP contribution in [0, 0.1) is 18.3 Å². The summed E-state index contributed by atoms with van der Waals surface area (Å²) in [6.07, 6.45) is 4.61. The molecule has 0 spiro atoms. The van der Waals surface area contributed by atoms with E-state index in [-0.39, 0.29) is 12.5 Å². The van der Waals surface area contributed by atoms with Gasteiger partial charge in [-0.3, -0.25) is 10.1 Å². The summed E-state index contributed by atoms with van der Waals surface area (Å²) in [6, 6.07) is 19.1. The number of benzene rings is 2. The van der Waals surface area contributed by atoms with Gasteiger partial charge in [0.1, 0.15) is 17.6 Å². The molecule has 5 rings (SSSR count). The first kappa shape index (κ1) is 25.6. The lowest BCUT2D eigenvalue weighted by atomic mass is 10.1. The minimum atomic E-state index is -0.592. The van der Waals surface area contributed by atoms with E-state index in [1.165, 1.54) is 6.20 Å². The second-order valence-electron chi connectivity index (χ2n) is 9.17. The van der Waals surface area contributed by atoms with Crippen molar-refractivity contribution in [2.24, 2.45) is 0 Å². The van der Waals surface area contributed by atoms with Gasteiger partial charge < -0.3 is 19.7 Å². The number of ether oxygens (including phenoxy) is 2. The summed E-state index contributed by atoms with van der Waals surface area (Å²) in [5.41, 5.74) is 3.59. The monoisotopic (exact) mass is 524 g/mol. The maximum absolute atomic E-state index is 12.4. The highest BCUT2D eigenvalue weighted by Gasteiger charge is 2.20. The SMILES string of the molecule is Cc1c(NC(=O)OCCCN2CCCC2=O)cn2ncc(C#N)c(Nc3ccc(Oc4ccccc4)cc3)c12. The van der Waals surface area contributed by atoms with Crippen LogP contribution in [0.2, 0.25) is 0 Å². The number of hydrogen-bond donors (Lipinski definition) is 2. The van der Waals surface area contributed by atoms with E-state index in [4.69, 9.17) is 9.47 Å². The molecule has 0 aliphatic carbocycles. The highest BCUT2D eigenvalue weighted by Crippen LogP contribution is 2.33. The van der Waals surface area contributed by atoms with Gasteiger partial charge in [0.25, 0.3) is 0 Å². The quantitative estimate of drug-likeness (QED) is 0.273. The number of para-hydroxylation sites is 1. The molecule has 2 aromatic carbocycles. The van der Waals surface area contributed by atoms with Crippen molar-refractivity contribution in [3.63, 3.8) is 0 Å². The van der Waals surface area contributed by atoms with Crippen LogP contribution in [0.25, 0.3) is 5.52 Å². The van der Waals surface area contributed by atoms with E-state index in [0.29, 0.717) is 47.6 Å². The number of aryl methyl sites for hydroxylation is 1. The van der Waals surface area contributed by atoms with Crippen molar-refractivity contribution < 1.29 is 19.1 Å². The van der Waals surface area contributed by atoms with Crippen LogP contribution in [0.4, 0.5) is 21.9 Å². The Labute approximate surface area is 225 Å². The summed E-state index contributed by atoms with van der Waals surface area (Å²) >= 11 is 0. The molecule has 3 heterocycles. The third-order valence-corrected chi connectivity index (χ3v) is 6.49. The molecule has 198 valence electrons. The molecule has 10 nitrogen and oxygen atoms in total. The molecule has 0 radical (unpaired) electrons. The van der Waals surface area contributed by atoms with Gasteiger partial charge in [-0.15, -0.1) is 0 Å². The van der Waals surface area contributed by atoms with E-state index in [9.17, 15) is 14.9 Å². The van der Waals surface area contributed by atoms with Crippen LogP contribution in [0.5, 0.6) is 11.5 Å². The van der Waals surface area contributed by atoms with Gasteiger partial charge in [0.2, 0.25) is 5.91 Å². The van der Waals surface area contributed by atoms with Gasteiger partial charge in [-0.25, -0.2) is 9.31 Å². The topological polar surface area (TPSA) is 121 Å². The fourth-order valence-electron chi connectivity index (χ4n) is 4.51. The number of amides is 2. The third kappa shape index (κ3) is 5.93. The second kappa shape index (κ2) is 11.6. The van der Waals surface area contributed by atoms with Crippen LogP contribution in [0.15, 0.2) is 67.0 Å². The Hall–Kier alpha value is -5.04. The number of nitriles is 1. The summed E-state index contributed by atoms with van der Waals surface area (Å²) in [7, 11) is 0. The molecular weight excluding hydrogens is 496 g/mol. The van der Waals surface area contributed by atoms with Gasteiger partial charge in [0, 0.05) is 30.8 Å². The predicted molar refractivity (Wildman–Crippen MR) is 146 cm³/mol. The van der Waals surface area contributed by atoms with Crippen molar-refractivity contribution >= 4 is 34.6 Å². The van der Waals surface area contributed by atoms with Crippen molar-refractivity contribution in [3.8, 4) is 17.6 Å². The van der Waals surface area contributed by atoms with Crippen LogP contribution < -0.4 is 15.4 Å². The zero-order valence-electron chi connectivity index (χ0n) is 21.5. The van der Waals surface area contributed by atoms with Gasteiger partial charge in [0.05, 0.1) is 41.5 Å². The average molecular weight is 525 g/mol. The Morgan fingerprint density at radius 1 is 1.13 bits per heavy atom. The molecule has 0 atom stereocenters. The van der Waals surface area contributed by atoms with E-state index in [1.54, 1.807) is 15.6 Å². The van der Waals surface area contributed by atoms with Crippen molar-refractivity contribution in [1.29, 1.82) is 5.26 Å². The Morgan fingerprint density at radius 2 is 1.90 bits per heavy atom. The Kier molecular flexibility index (Phi) is 7.59. The number of nitrogens with zero attached hydrogens (tertiary/aromatic N) is 4. The van der Waals surface area contributed by atoms with Crippen LogP contribution in [-0.2, 0) is 9.53 Å². The van der Waals surface area contributed by atoms with E-state index in [0.717, 1.165) is 30.0 Å². The molecule has 0 unspecified atom stereocenters. The third-order valence-electron chi connectivity index (χ3n) is 6.49. The molecule has 2 N–H and O–H groups in total.